The smallest absolute Gasteiger partial charge is 0.322 e. The second-order valence-corrected chi connectivity index (χ2v) is 9.22. The number of amides is 4. The molecule has 2 saturated heterocycles. The lowest BCUT2D eigenvalue weighted by atomic mass is 9.82. The summed E-state index contributed by atoms with van der Waals surface area (Å²) in [7, 11) is 0. The van der Waals surface area contributed by atoms with Crippen LogP contribution in [0.3, 0.4) is 0 Å². The number of halogens is 2. The van der Waals surface area contributed by atoms with Crippen LogP contribution in [-0.4, -0.2) is 70.9 Å². The van der Waals surface area contributed by atoms with Crippen molar-refractivity contribution in [3.8, 4) is 0 Å². The number of hydrazine groups is 1. The highest BCUT2D eigenvalue weighted by molar-refractivity contribution is 6.31. The number of imide groups is 1. The molecule has 32 heavy (non-hydrogen) atoms. The van der Waals surface area contributed by atoms with E-state index in [0.717, 1.165) is 50.5 Å². The van der Waals surface area contributed by atoms with E-state index in [-0.39, 0.29) is 24.1 Å². The molecule has 2 aliphatic heterocycles. The van der Waals surface area contributed by atoms with Crippen LogP contribution in [0.1, 0.15) is 44.1 Å². The number of rotatable bonds is 6. The van der Waals surface area contributed by atoms with Gasteiger partial charge in [-0.2, -0.15) is 5.01 Å². The molecule has 0 aromatic heterocycles. The van der Waals surface area contributed by atoms with Crippen LogP contribution >= 0.6 is 11.6 Å². The highest BCUT2D eigenvalue weighted by Crippen LogP contribution is 2.33. The highest BCUT2D eigenvalue weighted by Gasteiger charge is 2.52. The predicted molar refractivity (Wildman–Crippen MR) is 117 cm³/mol. The molecule has 1 spiro atoms. The van der Waals surface area contributed by atoms with Crippen molar-refractivity contribution in [2.24, 2.45) is 0 Å². The number of nitrogens with one attached hydrogen (secondary N) is 2. The lowest BCUT2D eigenvalue weighted by Crippen LogP contribution is -2.51. The van der Waals surface area contributed by atoms with E-state index in [1.165, 1.54) is 6.07 Å². The zero-order valence-electron chi connectivity index (χ0n) is 18.0. The van der Waals surface area contributed by atoms with Gasteiger partial charge in [0.2, 0.25) is 5.91 Å². The number of benzene rings is 1. The quantitative estimate of drug-likeness (QED) is 0.629. The minimum atomic E-state index is -0.847. The van der Waals surface area contributed by atoms with E-state index in [9.17, 15) is 18.8 Å². The summed E-state index contributed by atoms with van der Waals surface area (Å²) in [5, 5.41) is 4.06. The molecule has 4 amide bonds. The van der Waals surface area contributed by atoms with Crippen LogP contribution in [-0.2, 0) is 16.1 Å². The lowest BCUT2D eigenvalue weighted by molar-refractivity contribution is -0.140. The number of carbonyl (C=O) groups is 3. The highest BCUT2D eigenvalue weighted by atomic mass is 35.5. The Morgan fingerprint density at radius 1 is 1.09 bits per heavy atom. The van der Waals surface area contributed by atoms with Crippen LogP contribution in [0.25, 0.3) is 0 Å². The Morgan fingerprint density at radius 3 is 2.47 bits per heavy atom. The first-order chi connectivity index (χ1) is 15.4. The van der Waals surface area contributed by atoms with E-state index in [2.05, 4.69) is 20.5 Å². The molecule has 1 aliphatic carbocycles. The van der Waals surface area contributed by atoms with Crippen molar-refractivity contribution in [3.63, 3.8) is 0 Å². The number of nitrogens with zero attached hydrogens (tertiary/aromatic N) is 3. The number of carbonyl (C=O) groups excluding carboxylic acids is 3. The van der Waals surface area contributed by atoms with Crippen molar-refractivity contribution in [3.05, 3.63) is 34.6 Å². The predicted octanol–water partition coefficient (Wildman–Crippen LogP) is 2.27. The summed E-state index contributed by atoms with van der Waals surface area (Å²) in [6.07, 6.45) is 4.26. The molecular formula is C22H29ClFN5O3. The largest absolute Gasteiger partial charge is 0.344 e. The molecule has 2 N–H and O–H groups in total. The van der Waals surface area contributed by atoms with E-state index in [4.69, 9.17) is 11.6 Å². The molecule has 0 radical (unpaired) electrons. The summed E-state index contributed by atoms with van der Waals surface area (Å²) in [5.74, 6) is -1.01. The normalized spacial score (nSPS) is 21.8. The maximum Gasteiger partial charge on any atom is 0.344 e. The van der Waals surface area contributed by atoms with Gasteiger partial charge < -0.3 is 10.2 Å². The first-order valence-electron chi connectivity index (χ1n) is 11.2. The topological polar surface area (TPSA) is 85.0 Å². The molecule has 3 fully saturated rings. The molecule has 0 unspecified atom stereocenters. The van der Waals surface area contributed by atoms with Crippen LogP contribution in [0.15, 0.2) is 18.2 Å². The van der Waals surface area contributed by atoms with Crippen LogP contribution in [0.5, 0.6) is 0 Å². The Hall–Kier alpha value is -2.23. The van der Waals surface area contributed by atoms with Gasteiger partial charge in [0.1, 0.15) is 11.4 Å². The molecular weight excluding hydrogens is 437 g/mol. The first-order valence-corrected chi connectivity index (χ1v) is 11.6. The van der Waals surface area contributed by atoms with Gasteiger partial charge in [-0.15, -0.1) is 0 Å². The zero-order chi connectivity index (χ0) is 22.7. The van der Waals surface area contributed by atoms with Crippen molar-refractivity contribution in [1.29, 1.82) is 0 Å². The minimum Gasteiger partial charge on any atom is -0.322 e. The van der Waals surface area contributed by atoms with Gasteiger partial charge in [0.15, 0.2) is 0 Å². The van der Waals surface area contributed by atoms with Gasteiger partial charge in [-0.3, -0.25) is 19.9 Å². The molecule has 1 aromatic rings. The Kier molecular flexibility index (Phi) is 6.97. The third kappa shape index (κ3) is 4.89. The molecule has 4 rings (SSSR count). The summed E-state index contributed by atoms with van der Waals surface area (Å²) in [4.78, 5) is 41.7. The van der Waals surface area contributed by atoms with Crippen molar-refractivity contribution in [2.45, 2.75) is 50.6 Å². The first kappa shape index (κ1) is 22.9. The molecule has 0 atom stereocenters. The molecule has 2 heterocycles. The second-order valence-electron chi connectivity index (χ2n) is 8.82. The summed E-state index contributed by atoms with van der Waals surface area (Å²) in [6.45, 7) is 3.93. The summed E-state index contributed by atoms with van der Waals surface area (Å²) in [5.41, 5.74) is 2.14. The number of piperazine rings is 1. The summed E-state index contributed by atoms with van der Waals surface area (Å²) < 4.78 is 14.0. The van der Waals surface area contributed by atoms with Crippen molar-refractivity contribution in [2.75, 3.05) is 32.7 Å². The Morgan fingerprint density at radius 2 is 1.78 bits per heavy atom. The molecule has 10 heteroatoms. The van der Waals surface area contributed by atoms with Gasteiger partial charge in [0.25, 0.3) is 5.91 Å². The molecule has 1 aromatic carbocycles. The van der Waals surface area contributed by atoms with E-state index in [1.54, 1.807) is 12.1 Å². The van der Waals surface area contributed by atoms with E-state index < -0.39 is 11.6 Å². The average molecular weight is 466 g/mol. The number of hydrogen-bond donors (Lipinski definition) is 2. The van der Waals surface area contributed by atoms with Crippen molar-refractivity contribution < 1.29 is 18.8 Å². The van der Waals surface area contributed by atoms with Crippen LogP contribution in [0.4, 0.5) is 9.18 Å². The number of urea groups is 1. The minimum absolute atomic E-state index is 0.184. The lowest BCUT2D eigenvalue weighted by Gasteiger charge is -2.34. The van der Waals surface area contributed by atoms with Crippen molar-refractivity contribution in [1.82, 2.24) is 25.6 Å². The fraction of sp³-hybridized carbons (Fsp3) is 0.591. The average Bonchev–Trinajstić information content (AvgIpc) is 3.00. The molecule has 3 aliphatic rings. The van der Waals surface area contributed by atoms with E-state index >= 15 is 0 Å². The van der Waals surface area contributed by atoms with E-state index in [1.807, 2.05) is 0 Å². The Bertz CT molecular complexity index is 864. The van der Waals surface area contributed by atoms with Gasteiger partial charge in [-0.25, -0.2) is 9.18 Å². The fourth-order valence-corrected chi connectivity index (χ4v) is 4.96. The summed E-state index contributed by atoms with van der Waals surface area (Å²) in [6, 6.07) is 4.15. The van der Waals surface area contributed by atoms with Gasteiger partial charge in [0.05, 0.1) is 0 Å². The van der Waals surface area contributed by atoms with Gasteiger partial charge in [-0.05, 0) is 25.0 Å². The van der Waals surface area contributed by atoms with Crippen LogP contribution in [0, 0.1) is 5.82 Å². The SMILES string of the molecule is O=C(CCN1CCN(Cc2c(F)cccc2Cl)CC1)NN1C(=O)NC2(CCCCC2)C1=O. The van der Waals surface area contributed by atoms with Gasteiger partial charge in [-0.1, -0.05) is 36.9 Å². The Balaban J connectivity index is 1.21. The third-order valence-corrected chi connectivity index (χ3v) is 7.02. The van der Waals surface area contributed by atoms with Crippen LogP contribution < -0.4 is 10.7 Å². The maximum atomic E-state index is 14.0. The second kappa shape index (κ2) is 9.72. The third-order valence-electron chi connectivity index (χ3n) is 6.67. The van der Waals surface area contributed by atoms with Gasteiger partial charge in [0, 0.05) is 56.3 Å². The Labute approximate surface area is 192 Å². The zero-order valence-corrected chi connectivity index (χ0v) is 18.8. The van der Waals surface area contributed by atoms with E-state index in [0.29, 0.717) is 36.5 Å². The van der Waals surface area contributed by atoms with Gasteiger partial charge >= 0.3 is 6.03 Å². The summed E-state index contributed by atoms with van der Waals surface area (Å²) >= 11 is 6.12. The standard InChI is InChI=1S/C22H29ClFN5O3/c23-17-5-4-6-18(24)16(17)15-28-13-11-27(12-14-28)10-7-19(30)26-29-20(31)22(25-21(29)32)8-2-1-3-9-22/h4-6H,1-3,7-15H2,(H,25,32)(H,26,30). The maximum absolute atomic E-state index is 14.0. The van der Waals surface area contributed by atoms with Crippen LogP contribution in [0.2, 0.25) is 5.02 Å². The molecule has 0 bridgehead atoms. The molecule has 8 nitrogen and oxygen atoms in total. The fourth-order valence-electron chi connectivity index (χ4n) is 4.73. The number of hydrogen-bond acceptors (Lipinski definition) is 5. The van der Waals surface area contributed by atoms with Crippen molar-refractivity contribution >= 4 is 29.4 Å². The monoisotopic (exact) mass is 465 g/mol. The molecule has 1 saturated carbocycles. The molecule has 174 valence electrons.